The smallest absolute Gasteiger partial charge is 0.369 e. The molecule has 4 nitrogen and oxygen atoms in total. The maximum absolute atomic E-state index is 13.0. The van der Waals surface area contributed by atoms with Crippen LogP contribution in [0.2, 0.25) is 0 Å². The van der Waals surface area contributed by atoms with E-state index in [4.69, 9.17) is 5.73 Å². The number of halogens is 3. The number of carbonyl (C=O) groups excluding carboxylic acids is 2. The van der Waals surface area contributed by atoms with Gasteiger partial charge in [0.1, 0.15) is 4.88 Å². The van der Waals surface area contributed by atoms with Gasteiger partial charge in [0.2, 0.25) is 5.91 Å². The Bertz CT molecular complexity index is 830. The fraction of sp³-hybridized carbons (Fsp3) is 0.294. The molecular formula is C17H15F3N2O2S. The van der Waals surface area contributed by atoms with Gasteiger partial charge in [-0.2, -0.15) is 13.2 Å². The van der Waals surface area contributed by atoms with E-state index in [9.17, 15) is 22.8 Å². The molecule has 2 aromatic rings. The molecule has 2 N–H and O–H groups in total. The van der Waals surface area contributed by atoms with E-state index in [-0.39, 0.29) is 18.5 Å². The van der Waals surface area contributed by atoms with Gasteiger partial charge < -0.3 is 10.6 Å². The number of primary amides is 1. The number of carbonyl (C=O) groups is 2. The van der Waals surface area contributed by atoms with E-state index < -0.39 is 22.9 Å². The van der Waals surface area contributed by atoms with Crippen LogP contribution in [-0.2, 0) is 30.4 Å². The predicted molar refractivity (Wildman–Crippen MR) is 87.1 cm³/mol. The molecule has 8 heteroatoms. The zero-order valence-corrected chi connectivity index (χ0v) is 13.9. The van der Waals surface area contributed by atoms with Gasteiger partial charge >= 0.3 is 6.18 Å². The van der Waals surface area contributed by atoms with Crippen molar-refractivity contribution in [3.05, 3.63) is 56.8 Å². The minimum Gasteiger partial charge on any atom is -0.369 e. The first-order valence-corrected chi connectivity index (χ1v) is 8.47. The Morgan fingerprint density at radius 3 is 2.68 bits per heavy atom. The van der Waals surface area contributed by atoms with Crippen LogP contribution in [0.3, 0.4) is 0 Å². The molecule has 0 radical (unpaired) electrons. The molecule has 0 bridgehead atoms. The van der Waals surface area contributed by atoms with Crippen LogP contribution >= 0.6 is 11.3 Å². The second-order valence-electron chi connectivity index (χ2n) is 5.84. The molecule has 0 saturated carbocycles. The lowest BCUT2D eigenvalue weighted by Crippen LogP contribution is -2.37. The molecule has 0 aliphatic carbocycles. The normalized spacial score (nSPS) is 14.3. The highest BCUT2D eigenvalue weighted by molar-refractivity contribution is 7.10. The first-order chi connectivity index (χ1) is 11.8. The summed E-state index contributed by atoms with van der Waals surface area (Å²) in [6, 6.07) is 6.60. The molecule has 3 rings (SSSR count). The summed E-state index contributed by atoms with van der Waals surface area (Å²) in [5.74, 6) is -1.07. The van der Waals surface area contributed by atoms with E-state index in [0.717, 1.165) is 16.7 Å². The topological polar surface area (TPSA) is 63.4 Å². The zero-order chi connectivity index (χ0) is 18.2. The molecule has 1 aromatic carbocycles. The number of nitrogens with two attached hydrogens (primary N) is 1. The summed E-state index contributed by atoms with van der Waals surface area (Å²) in [6.07, 6.45) is -3.95. The van der Waals surface area contributed by atoms with Crippen LogP contribution in [0.5, 0.6) is 0 Å². The SMILES string of the molecule is NC(=O)Cc1cccc2c1CCN(C(=O)c1ccsc1C(F)(F)F)C2. The zero-order valence-electron chi connectivity index (χ0n) is 13.1. The van der Waals surface area contributed by atoms with Crippen LogP contribution in [0.4, 0.5) is 13.2 Å². The van der Waals surface area contributed by atoms with E-state index in [0.29, 0.717) is 24.3 Å². The van der Waals surface area contributed by atoms with Crippen LogP contribution in [0.15, 0.2) is 29.6 Å². The second-order valence-corrected chi connectivity index (χ2v) is 6.75. The monoisotopic (exact) mass is 368 g/mol. The number of benzene rings is 1. The van der Waals surface area contributed by atoms with Gasteiger partial charge in [0.15, 0.2) is 0 Å². The lowest BCUT2D eigenvalue weighted by atomic mass is 9.92. The van der Waals surface area contributed by atoms with Gasteiger partial charge in [0.25, 0.3) is 5.91 Å². The average Bonchev–Trinajstić information content (AvgIpc) is 3.03. The number of amides is 2. The minimum atomic E-state index is -4.54. The van der Waals surface area contributed by atoms with Crippen molar-refractivity contribution in [1.82, 2.24) is 4.90 Å². The predicted octanol–water partition coefficient (Wildman–Crippen LogP) is 2.99. The van der Waals surface area contributed by atoms with Crippen molar-refractivity contribution in [2.45, 2.75) is 25.6 Å². The average molecular weight is 368 g/mol. The van der Waals surface area contributed by atoms with Crippen LogP contribution in [0, 0.1) is 0 Å². The minimum absolute atomic E-state index is 0.111. The van der Waals surface area contributed by atoms with Crippen LogP contribution in [-0.4, -0.2) is 23.3 Å². The number of alkyl halides is 3. The summed E-state index contributed by atoms with van der Waals surface area (Å²) in [4.78, 5) is 24.3. The lowest BCUT2D eigenvalue weighted by Gasteiger charge is -2.30. The molecule has 1 aromatic heterocycles. The Morgan fingerprint density at radius 1 is 1.24 bits per heavy atom. The van der Waals surface area contributed by atoms with E-state index in [1.54, 1.807) is 6.07 Å². The van der Waals surface area contributed by atoms with Crippen molar-refractivity contribution in [2.75, 3.05) is 6.54 Å². The largest absolute Gasteiger partial charge is 0.426 e. The second kappa shape index (κ2) is 6.51. The molecule has 0 atom stereocenters. The van der Waals surface area contributed by atoms with Crippen LogP contribution < -0.4 is 5.73 Å². The number of rotatable bonds is 3. The van der Waals surface area contributed by atoms with Gasteiger partial charge in [0, 0.05) is 13.1 Å². The molecule has 0 fully saturated rings. The highest BCUT2D eigenvalue weighted by Gasteiger charge is 2.38. The molecule has 0 unspecified atom stereocenters. The lowest BCUT2D eigenvalue weighted by molar-refractivity contribution is -0.134. The van der Waals surface area contributed by atoms with E-state index in [1.165, 1.54) is 16.3 Å². The van der Waals surface area contributed by atoms with Crippen molar-refractivity contribution < 1.29 is 22.8 Å². The van der Waals surface area contributed by atoms with E-state index >= 15 is 0 Å². The van der Waals surface area contributed by atoms with Gasteiger partial charge in [-0.25, -0.2) is 0 Å². The Kier molecular flexibility index (Phi) is 4.55. The van der Waals surface area contributed by atoms with Crippen LogP contribution in [0.25, 0.3) is 0 Å². The van der Waals surface area contributed by atoms with Crippen molar-refractivity contribution >= 4 is 23.2 Å². The van der Waals surface area contributed by atoms with E-state index in [1.807, 2.05) is 12.1 Å². The maximum Gasteiger partial charge on any atom is 0.426 e. The molecule has 2 heterocycles. The summed E-state index contributed by atoms with van der Waals surface area (Å²) in [7, 11) is 0. The third kappa shape index (κ3) is 3.53. The first-order valence-electron chi connectivity index (χ1n) is 7.59. The van der Waals surface area contributed by atoms with Crippen molar-refractivity contribution in [2.24, 2.45) is 5.73 Å². The molecular weight excluding hydrogens is 353 g/mol. The fourth-order valence-electron chi connectivity index (χ4n) is 3.08. The Morgan fingerprint density at radius 2 is 2.00 bits per heavy atom. The molecule has 1 aliphatic rings. The number of hydrogen-bond donors (Lipinski definition) is 1. The summed E-state index contributed by atoms with van der Waals surface area (Å²) in [6.45, 7) is 0.517. The third-order valence-electron chi connectivity index (χ3n) is 4.17. The van der Waals surface area contributed by atoms with Crippen molar-refractivity contribution in [3.8, 4) is 0 Å². The van der Waals surface area contributed by atoms with Gasteiger partial charge in [-0.15, -0.1) is 11.3 Å². The highest BCUT2D eigenvalue weighted by Crippen LogP contribution is 2.37. The quantitative estimate of drug-likeness (QED) is 0.905. The molecule has 132 valence electrons. The van der Waals surface area contributed by atoms with Gasteiger partial charge in [-0.05, 0) is 34.6 Å². The Labute approximate surface area is 146 Å². The molecule has 2 amide bonds. The van der Waals surface area contributed by atoms with Gasteiger partial charge in [0.05, 0.1) is 12.0 Å². The van der Waals surface area contributed by atoms with Crippen LogP contribution in [0.1, 0.15) is 31.9 Å². The van der Waals surface area contributed by atoms with Gasteiger partial charge in [-0.3, -0.25) is 9.59 Å². The van der Waals surface area contributed by atoms with E-state index in [2.05, 4.69) is 0 Å². The molecule has 1 aliphatic heterocycles. The summed E-state index contributed by atoms with van der Waals surface area (Å²) >= 11 is 0.520. The number of thiophene rings is 1. The Balaban J connectivity index is 1.85. The maximum atomic E-state index is 13.0. The number of fused-ring (bicyclic) bond motifs is 1. The number of hydrogen-bond acceptors (Lipinski definition) is 3. The first kappa shape index (κ1) is 17.5. The number of nitrogens with zero attached hydrogens (tertiary/aromatic N) is 1. The molecule has 0 saturated heterocycles. The van der Waals surface area contributed by atoms with Crippen molar-refractivity contribution in [3.63, 3.8) is 0 Å². The fourth-order valence-corrected chi connectivity index (χ4v) is 3.84. The summed E-state index contributed by atoms with van der Waals surface area (Å²) in [5.41, 5.74) is 7.53. The Hall–Kier alpha value is -2.35. The van der Waals surface area contributed by atoms with Crippen molar-refractivity contribution in [1.29, 1.82) is 0 Å². The molecule has 0 spiro atoms. The summed E-state index contributed by atoms with van der Waals surface area (Å²) in [5, 5.41) is 1.28. The van der Waals surface area contributed by atoms with Gasteiger partial charge in [-0.1, -0.05) is 18.2 Å². The third-order valence-corrected chi connectivity index (χ3v) is 5.13. The summed E-state index contributed by atoms with van der Waals surface area (Å²) < 4.78 is 39.1. The highest BCUT2D eigenvalue weighted by atomic mass is 32.1. The standard InChI is InChI=1S/C17H15F3N2O2S/c18-17(19,20)15-13(5-7-25-15)16(24)22-6-4-12-10(8-14(21)23)2-1-3-11(12)9-22/h1-3,5,7H,4,6,8-9H2,(H2,21,23). The molecule has 25 heavy (non-hydrogen) atoms.